The lowest BCUT2D eigenvalue weighted by Crippen LogP contribution is -2.67. The first-order valence-electron chi connectivity index (χ1n) is 18.0. The van der Waals surface area contributed by atoms with E-state index < -0.39 is 53.6 Å². The van der Waals surface area contributed by atoms with Crippen LogP contribution in [0.2, 0.25) is 0 Å². The lowest BCUT2D eigenvalue weighted by molar-refractivity contribution is -0.323. The molecule has 0 aromatic rings. The van der Waals surface area contributed by atoms with Crippen LogP contribution in [0, 0.1) is 50.2 Å². The summed E-state index contributed by atoms with van der Waals surface area (Å²) in [5, 5.41) is 31.7. The molecule has 1 heterocycles. The monoisotopic (exact) mass is 674 g/mol. The van der Waals surface area contributed by atoms with Gasteiger partial charge in [0, 0.05) is 5.92 Å². The summed E-state index contributed by atoms with van der Waals surface area (Å²) in [5.41, 5.74) is -0.480. The molecular weight excluding hydrogens is 616 g/mol. The first kappa shape index (κ1) is 36.0. The second-order valence-corrected chi connectivity index (χ2v) is 18.1. The molecule has 4 saturated carbocycles. The number of fused-ring (bicyclic) bond motifs is 7. The highest BCUT2D eigenvalue weighted by molar-refractivity contribution is 5.95. The van der Waals surface area contributed by atoms with Crippen LogP contribution in [0.5, 0.6) is 0 Å². The van der Waals surface area contributed by atoms with Crippen LogP contribution in [0.4, 0.5) is 0 Å². The van der Waals surface area contributed by atoms with E-state index in [2.05, 4.69) is 41.5 Å². The number of methoxy groups -OCH3 is 2. The molecule has 0 radical (unpaired) electrons. The summed E-state index contributed by atoms with van der Waals surface area (Å²) in [6.07, 6.45) is 1.57. The maximum atomic E-state index is 14.7. The Morgan fingerprint density at radius 2 is 1.50 bits per heavy atom. The van der Waals surface area contributed by atoms with E-state index in [1.807, 2.05) is 13.0 Å². The molecule has 48 heavy (non-hydrogen) atoms. The van der Waals surface area contributed by atoms with Crippen molar-refractivity contribution < 1.29 is 48.7 Å². The third-order valence-electron chi connectivity index (χ3n) is 15.5. The van der Waals surface area contributed by atoms with Crippen LogP contribution in [0.1, 0.15) is 106 Å². The van der Waals surface area contributed by atoms with Gasteiger partial charge in [0.1, 0.15) is 18.3 Å². The van der Waals surface area contributed by atoms with Crippen molar-refractivity contribution in [2.45, 2.75) is 143 Å². The van der Waals surface area contributed by atoms with Gasteiger partial charge in [0.25, 0.3) is 0 Å². The number of aliphatic hydroxyl groups is 3. The summed E-state index contributed by atoms with van der Waals surface area (Å²) in [4.78, 5) is 40.0. The number of allylic oxidation sites excluding steroid dienone is 2. The van der Waals surface area contributed by atoms with Crippen molar-refractivity contribution in [2.24, 2.45) is 50.2 Å². The molecule has 0 spiro atoms. The Labute approximate surface area is 285 Å². The number of ketones is 1. The minimum atomic E-state index is -1.65. The predicted molar refractivity (Wildman–Crippen MR) is 175 cm³/mol. The number of rotatable bonds is 4. The molecule has 3 N–H and O–H groups in total. The summed E-state index contributed by atoms with van der Waals surface area (Å²) in [7, 11) is 2.64. The molecule has 0 bridgehead atoms. The average molecular weight is 675 g/mol. The van der Waals surface area contributed by atoms with Gasteiger partial charge in [-0.05, 0) is 110 Å². The van der Waals surface area contributed by atoms with Crippen LogP contribution >= 0.6 is 0 Å². The van der Waals surface area contributed by atoms with Crippen molar-refractivity contribution in [1.29, 1.82) is 0 Å². The van der Waals surface area contributed by atoms with E-state index in [1.165, 1.54) is 19.8 Å². The fourth-order valence-electron chi connectivity index (χ4n) is 12.3. The van der Waals surface area contributed by atoms with E-state index in [-0.39, 0.29) is 51.2 Å². The highest BCUT2D eigenvalue weighted by Gasteiger charge is 2.70. The number of carbonyl (C=O) groups is 3. The zero-order valence-corrected chi connectivity index (χ0v) is 30.3. The first-order chi connectivity index (χ1) is 22.2. The van der Waals surface area contributed by atoms with Crippen LogP contribution in [-0.4, -0.2) is 84.1 Å². The average Bonchev–Trinajstić information content (AvgIpc) is 3.03. The van der Waals surface area contributed by atoms with Gasteiger partial charge in [0.15, 0.2) is 18.2 Å². The smallest absolute Gasteiger partial charge is 0.337 e. The summed E-state index contributed by atoms with van der Waals surface area (Å²) >= 11 is 0. The van der Waals surface area contributed by atoms with E-state index in [4.69, 9.17) is 18.9 Å². The second kappa shape index (κ2) is 11.6. The highest BCUT2D eigenvalue weighted by Crippen LogP contribution is 2.75. The van der Waals surface area contributed by atoms with Gasteiger partial charge in [-0.1, -0.05) is 47.1 Å². The predicted octanol–water partition coefficient (Wildman–Crippen LogP) is 4.51. The summed E-state index contributed by atoms with van der Waals surface area (Å²) in [5.74, 6) is -0.738. The molecule has 6 aliphatic rings. The van der Waals surface area contributed by atoms with E-state index >= 15 is 0 Å². The van der Waals surface area contributed by atoms with Crippen LogP contribution in [0.25, 0.3) is 0 Å². The number of ether oxygens (including phenoxy) is 4. The molecule has 0 amide bonds. The van der Waals surface area contributed by atoms with Gasteiger partial charge in [-0.3, -0.25) is 9.59 Å². The van der Waals surface area contributed by atoms with E-state index in [9.17, 15) is 29.7 Å². The molecule has 14 atom stereocenters. The van der Waals surface area contributed by atoms with Crippen molar-refractivity contribution in [2.75, 3.05) is 14.2 Å². The van der Waals surface area contributed by atoms with Crippen molar-refractivity contribution in [3.63, 3.8) is 0 Å². The Hall–Kier alpha value is -1.85. The Bertz CT molecular complexity index is 1370. The number of hydrogen-bond donors (Lipinski definition) is 3. The van der Waals surface area contributed by atoms with Crippen molar-refractivity contribution in [3.8, 4) is 0 Å². The fourth-order valence-corrected chi connectivity index (χ4v) is 12.3. The van der Waals surface area contributed by atoms with E-state index in [1.54, 1.807) is 0 Å². The van der Waals surface area contributed by atoms with E-state index in [0.29, 0.717) is 12.8 Å². The maximum absolute atomic E-state index is 14.7. The van der Waals surface area contributed by atoms with E-state index in [0.717, 1.165) is 44.9 Å². The molecule has 10 nitrogen and oxygen atoms in total. The van der Waals surface area contributed by atoms with Gasteiger partial charge in [-0.15, -0.1) is 0 Å². The minimum absolute atomic E-state index is 0.0447. The molecule has 0 aromatic heterocycles. The Balaban J connectivity index is 1.30. The first-order valence-corrected chi connectivity index (χ1v) is 18.0. The van der Waals surface area contributed by atoms with Crippen molar-refractivity contribution >= 4 is 17.7 Å². The molecule has 1 saturated heterocycles. The second-order valence-electron chi connectivity index (χ2n) is 18.1. The Kier molecular flexibility index (Phi) is 8.68. The zero-order valence-electron chi connectivity index (χ0n) is 30.3. The normalized spacial score (nSPS) is 51.3. The maximum Gasteiger partial charge on any atom is 0.337 e. The number of aliphatic hydroxyl groups excluding tert-OH is 3. The molecule has 0 aromatic carbocycles. The highest BCUT2D eigenvalue weighted by atomic mass is 16.7. The van der Waals surface area contributed by atoms with Gasteiger partial charge >= 0.3 is 11.9 Å². The topological polar surface area (TPSA) is 149 Å². The van der Waals surface area contributed by atoms with Crippen molar-refractivity contribution in [1.82, 2.24) is 0 Å². The summed E-state index contributed by atoms with van der Waals surface area (Å²) in [6.45, 7) is 15.7. The van der Waals surface area contributed by atoms with Crippen LogP contribution in [0.3, 0.4) is 0 Å². The van der Waals surface area contributed by atoms with Gasteiger partial charge in [0.2, 0.25) is 0 Å². The Morgan fingerprint density at radius 1 is 0.833 bits per heavy atom. The van der Waals surface area contributed by atoms with Gasteiger partial charge in [0.05, 0.1) is 25.7 Å². The summed E-state index contributed by atoms with van der Waals surface area (Å²) in [6, 6.07) is 0. The molecule has 10 heteroatoms. The molecule has 6 rings (SSSR count). The van der Waals surface area contributed by atoms with Gasteiger partial charge < -0.3 is 34.3 Å². The lowest BCUT2D eigenvalue weighted by atomic mass is 9.33. The third-order valence-corrected chi connectivity index (χ3v) is 15.5. The van der Waals surface area contributed by atoms with Crippen LogP contribution in [-0.2, 0) is 33.3 Å². The third kappa shape index (κ3) is 4.85. The fraction of sp³-hybridized carbons (Fsp3) is 0.868. The minimum Gasteiger partial charge on any atom is -0.469 e. The van der Waals surface area contributed by atoms with Gasteiger partial charge in [-0.25, -0.2) is 4.79 Å². The quantitative estimate of drug-likeness (QED) is 0.287. The van der Waals surface area contributed by atoms with Gasteiger partial charge in [-0.2, -0.15) is 0 Å². The zero-order chi connectivity index (χ0) is 35.4. The van der Waals surface area contributed by atoms with Crippen LogP contribution in [0.15, 0.2) is 11.6 Å². The summed E-state index contributed by atoms with van der Waals surface area (Å²) < 4.78 is 22.2. The number of hydrogen-bond acceptors (Lipinski definition) is 10. The molecular formula is C38H58O10. The number of carbonyl (C=O) groups excluding carboxylic acids is 3. The molecule has 0 unspecified atom stereocenters. The molecule has 5 fully saturated rings. The van der Waals surface area contributed by atoms with Crippen LogP contribution < -0.4 is 0 Å². The molecule has 270 valence electrons. The molecule has 1 aliphatic heterocycles. The molecule has 5 aliphatic carbocycles. The van der Waals surface area contributed by atoms with Crippen molar-refractivity contribution in [3.05, 3.63) is 11.6 Å². The lowest BCUT2D eigenvalue weighted by Gasteiger charge is -2.70. The Morgan fingerprint density at radius 3 is 2.15 bits per heavy atom. The standard InChI is InChI=1S/C38H58O10/c1-33(2)23-10-13-38(7)29(36(23,5)12-11-24(33)47-31-27(42)25(40)26(41)28(48-31)30(43)45-8)22(39)18-20-21-19-35(4,32(44)46-9)15-14-34(21,3)16-17-37(20,38)6/h18,21,23-29,31,40-42H,10-17,19H2,1-9H3/t21-,23-,24-,25-,26-,27+,28-,29+,31+,34+,35-,36-,37+,38+/m0/s1. The largest absolute Gasteiger partial charge is 0.469 e. The SMILES string of the molecule is COC(=O)[C@H]1O[C@@H](O[C@H]2CC[C@]3(C)[C@H]4C(=O)C=C5[C@@H]6C[C@@](C)(C(=O)OC)CC[C@]6(C)CC[C@@]5(C)[C@]4(C)CC[C@H]3C2(C)C)[C@H](O)[C@@H](O)[C@@H]1O. The number of esters is 2.